The van der Waals surface area contributed by atoms with Crippen LogP contribution in [0.15, 0.2) is 22.4 Å². The third-order valence-corrected chi connectivity index (χ3v) is 5.60. The van der Waals surface area contributed by atoms with Crippen LogP contribution in [0.3, 0.4) is 0 Å². The molecule has 1 amide bonds. The van der Waals surface area contributed by atoms with Crippen molar-refractivity contribution in [2.45, 2.75) is 52.1 Å². The van der Waals surface area contributed by atoms with Crippen LogP contribution in [0.5, 0.6) is 0 Å². The standard InChI is InChI=1S/C18H25N5O2S/c1-12(2)23-16(24)8-7-15(21-23)22-9-5-4-6-14(22)10-19-18(25)17-13(3)20-11-26-17/h7-8,11-12,14H,4-6,9-10H2,1-3H3,(H,19,25). The maximum atomic E-state index is 12.4. The number of aromatic nitrogens is 3. The quantitative estimate of drug-likeness (QED) is 0.868. The number of rotatable bonds is 5. The number of piperidine rings is 1. The van der Waals surface area contributed by atoms with E-state index < -0.39 is 0 Å². The zero-order chi connectivity index (χ0) is 18.7. The Morgan fingerprint density at radius 2 is 2.19 bits per heavy atom. The van der Waals surface area contributed by atoms with Crippen LogP contribution in [0.25, 0.3) is 0 Å². The van der Waals surface area contributed by atoms with Crippen LogP contribution in [0.1, 0.15) is 54.5 Å². The minimum Gasteiger partial charge on any atom is -0.350 e. The maximum absolute atomic E-state index is 12.4. The van der Waals surface area contributed by atoms with Crippen molar-refractivity contribution >= 4 is 23.1 Å². The molecule has 0 radical (unpaired) electrons. The molecule has 1 fully saturated rings. The number of nitrogens with zero attached hydrogens (tertiary/aromatic N) is 4. The minimum atomic E-state index is -0.0914. The second kappa shape index (κ2) is 7.99. The highest BCUT2D eigenvalue weighted by molar-refractivity contribution is 7.11. The Morgan fingerprint density at radius 1 is 1.38 bits per heavy atom. The SMILES string of the molecule is Cc1ncsc1C(=O)NCC1CCCCN1c1ccc(=O)n(C(C)C)n1. The zero-order valence-electron chi connectivity index (χ0n) is 15.4. The zero-order valence-corrected chi connectivity index (χ0v) is 16.3. The van der Waals surface area contributed by atoms with Crippen molar-refractivity contribution in [3.05, 3.63) is 38.6 Å². The fourth-order valence-electron chi connectivity index (χ4n) is 3.26. The molecule has 1 aliphatic rings. The first-order chi connectivity index (χ1) is 12.5. The average molecular weight is 375 g/mol. The molecular formula is C18H25N5O2S. The van der Waals surface area contributed by atoms with Crippen LogP contribution in [-0.2, 0) is 0 Å². The van der Waals surface area contributed by atoms with Gasteiger partial charge in [-0.15, -0.1) is 11.3 Å². The van der Waals surface area contributed by atoms with E-state index in [2.05, 4.69) is 20.3 Å². The predicted molar refractivity (Wildman–Crippen MR) is 103 cm³/mol. The van der Waals surface area contributed by atoms with Crippen LogP contribution in [0.4, 0.5) is 5.82 Å². The van der Waals surface area contributed by atoms with Gasteiger partial charge in [-0.25, -0.2) is 9.67 Å². The predicted octanol–water partition coefficient (Wildman–Crippen LogP) is 2.38. The van der Waals surface area contributed by atoms with E-state index in [4.69, 9.17) is 0 Å². The van der Waals surface area contributed by atoms with Crippen LogP contribution >= 0.6 is 11.3 Å². The molecule has 26 heavy (non-hydrogen) atoms. The van der Waals surface area contributed by atoms with Crippen molar-refractivity contribution in [1.82, 2.24) is 20.1 Å². The minimum absolute atomic E-state index is 0.0136. The molecule has 0 aromatic carbocycles. The Kier molecular flexibility index (Phi) is 5.70. The lowest BCUT2D eigenvalue weighted by Gasteiger charge is -2.36. The van der Waals surface area contributed by atoms with Gasteiger partial charge in [-0.2, -0.15) is 5.10 Å². The van der Waals surface area contributed by atoms with Crippen molar-refractivity contribution in [3.8, 4) is 0 Å². The van der Waals surface area contributed by atoms with Gasteiger partial charge >= 0.3 is 0 Å². The van der Waals surface area contributed by atoms with E-state index in [1.54, 1.807) is 17.6 Å². The number of carbonyl (C=O) groups is 1. The summed E-state index contributed by atoms with van der Waals surface area (Å²) in [5.74, 6) is 0.724. The first kappa shape index (κ1) is 18.6. The number of hydrogen-bond donors (Lipinski definition) is 1. The molecule has 2 aromatic heterocycles. The Balaban J connectivity index is 1.74. The molecule has 1 aliphatic heterocycles. The lowest BCUT2D eigenvalue weighted by molar-refractivity contribution is 0.0953. The van der Waals surface area contributed by atoms with Crippen molar-refractivity contribution in [3.63, 3.8) is 0 Å². The Hall–Kier alpha value is -2.22. The smallest absolute Gasteiger partial charge is 0.267 e. The first-order valence-corrected chi connectivity index (χ1v) is 9.90. The summed E-state index contributed by atoms with van der Waals surface area (Å²) in [6.07, 6.45) is 3.20. The summed E-state index contributed by atoms with van der Waals surface area (Å²) >= 11 is 1.36. The van der Waals surface area contributed by atoms with E-state index >= 15 is 0 Å². The fourth-order valence-corrected chi connectivity index (χ4v) is 3.98. The van der Waals surface area contributed by atoms with Gasteiger partial charge in [-0.05, 0) is 46.1 Å². The number of hydrogen-bond acceptors (Lipinski definition) is 6. The Labute approximate surface area is 157 Å². The highest BCUT2D eigenvalue weighted by atomic mass is 32.1. The molecule has 1 atom stereocenters. The molecule has 2 aromatic rings. The van der Waals surface area contributed by atoms with E-state index in [1.165, 1.54) is 16.0 Å². The van der Waals surface area contributed by atoms with Crippen molar-refractivity contribution in [2.75, 3.05) is 18.0 Å². The molecule has 8 heteroatoms. The molecule has 1 unspecified atom stereocenters. The van der Waals surface area contributed by atoms with E-state index in [1.807, 2.05) is 20.8 Å². The second-order valence-corrected chi connectivity index (χ2v) is 7.74. The number of aryl methyl sites for hydroxylation is 1. The molecule has 7 nitrogen and oxygen atoms in total. The van der Waals surface area contributed by atoms with Gasteiger partial charge in [0.15, 0.2) is 0 Å². The molecule has 0 saturated carbocycles. The van der Waals surface area contributed by atoms with Gasteiger partial charge in [-0.3, -0.25) is 9.59 Å². The first-order valence-electron chi connectivity index (χ1n) is 9.02. The van der Waals surface area contributed by atoms with Crippen LogP contribution < -0.4 is 15.8 Å². The lowest BCUT2D eigenvalue weighted by atomic mass is 10.0. The highest BCUT2D eigenvalue weighted by Gasteiger charge is 2.25. The average Bonchev–Trinajstić information content (AvgIpc) is 3.06. The van der Waals surface area contributed by atoms with Gasteiger partial charge in [0.25, 0.3) is 11.5 Å². The van der Waals surface area contributed by atoms with Gasteiger partial charge in [0, 0.05) is 25.2 Å². The summed E-state index contributed by atoms with van der Waals surface area (Å²) in [5.41, 5.74) is 2.36. The third-order valence-electron chi connectivity index (χ3n) is 4.67. The van der Waals surface area contributed by atoms with Gasteiger partial charge in [0.1, 0.15) is 10.7 Å². The summed E-state index contributed by atoms with van der Waals surface area (Å²) < 4.78 is 1.51. The summed E-state index contributed by atoms with van der Waals surface area (Å²) in [6.45, 7) is 7.17. The highest BCUT2D eigenvalue weighted by Crippen LogP contribution is 2.22. The molecule has 0 bridgehead atoms. The summed E-state index contributed by atoms with van der Waals surface area (Å²) in [6, 6.07) is 3.55. The molecule has 0 aliphatic carbocycles. The van der Waals surface area contributed by atoms with Crippen molar-refractivity contribution in [2.24, 2.45) is 0 Å². The number of amides is 1. The Bertz CT molecular complexity index is 829. The molecule has 3 heterocycles. The van der Waals surface area contributed by atoms with Crippen LogP contribution in [0, 0.1) is 6.92 Å². The second-order valence-electron chi connectivity index (χ2n) is 6.89. The van der Waals surface area contributed by atoms with Gasteiger partial charge in [0.05, 0.1) is 17.2 Å². The third kappa shape index (κ3) is 3.95. The maximum Gasteiger partial charge on any atom is 0.267 e. The normalized spacial score (nSPS) is 17.5. The monoisotopic (exact) mass is 375 g/mol. The number of thiazole rings is 1. The lowest BCUT2D eigenvalue weighted by Crippen LogP contribution is -2.47. The van der Waals surface area contributed by atoms with E-state index in [9.17, 15) is 9.59 Å². The summed E-state index contributed by atoms with van der Waals surface area (Å²) in [4.78, 5) is 31.4. The molecule has 1 N–H and O–H groups in total. The van der Waals surface area contributed by atoms with E-state index in [0.717, 1.165) is 37.3 Å². The van der Waals surface area contributed by atoms with Crippen molar-refractivity contribution < 1.29 is 4.79 Å². The van der Waals surface area contributed by atoms with Gasteiger partial charge < -0.3 is 10.2 Å². The number of nitrogens with one attached hydrogen (secondary N) is 1. The number of anilines is 1. The van der Waals surface area contributed by atoms with E-state index in [-0.39, 0.29) is 23.6 Å². The van der Waals surface area contributed by atoms with Crippen LogP contribution in [-0.4, -0.2) is 39.8 Å². The van der Waals surface area contributed by atoms with Gasteiger partial charge in [-0.1, -0.05) is 0 Å². The topological polar surface area (TPSA) is 80.1 Å². The summed E-state index contributed by atoms with van der Waals surface area (Å²) in [5, 5.41) is 7.58. The number of carbonyl (C=O) groups excluding carboxylic acids is 1. The molecular weight excluding hydrogens is 350 g/mol. The Morgan fingerprint density at radius 3 is 2.88 bits per heavy atom. The molecule has 0 spiro atoms. The molecule has 140 valence electrons. The van der Waals surface area contributed by atoms with Crippen molar-refractivity contribution in [1.29, 1.82) is 0 Å². The summed E-state index contributed by atoms with van der Waals surface area (Å²) in [7, 11) is 0. The molecule has 1 saturated heterocycles. The van der Waals surface area contributed by atoms with Gasteiger partial charge in [0.2, 0.25) is 0 Å². The van der Waals surface area contributed by atoms with Crippen LogP contribution in [0.2, 0.25) is 0 Å². The molecule has 3 rings (SSSR count). The fraction of sp³-hybridized carbons (Fsp3) is 0.556. The van der Waals surface area contributed by atoms with E-state index in [0.29, 0.717) is 11.4 Å². The largest absolute Gasteiger partial charge is 0.350 e.